The van der Waals surface area contributed by atoms with Gasteiger partial charge in [0.1, 0.15) is 5.82 Å². The molecule has 1 aliphatic rings. The van der Waals surface area contributed by atoms with E-state index in [0.29, 0.717) is 25.2 Å². The number of sulfonamides is 1. The summed E-state index contributed by atoms with van der Waals surface area (Å²) in [5.74, 6) is 5.74. The van der Waals surface area contributed by atoms with Gasteiger partial charge in [-0.05, 0) is 24.8 Å². The highest BCUT2D eigenvalue weighted by Gasteiger charge is 2.31. The molecule has 4 N–H and O–H groups in total. The fourth-order valence-electron chi connectivity index (χ4n) is 2.14. The van der Waals surface area contributed by atoms with Crippen molar-refractivity contribution in [2.75, 3.05) is 19.0 Å². The van der Waals surface area contributed by atoms with Gasteiger partial charge in [-0.2, -0.15) is 0 Å². The fraction of sp³-hybridized carbons (Fsp3) is 0.545. The van der Waals surface area contributed by atoms with Crippen LogP contribution in [-0.2, 0) is 10.0 Å². The van der Waals surface area contributed by atoms with E-state index in [-0.39, 0.29) is 16.9 Å². The van der Waals surface area contributed by atoms with Gasteiger partial charge in [0.25, 0.3) is 0 Å². The summed E-state index contributed by atoms with van der Waals surface area (Å²) in [6, 6.07) is 2.82. The highest BCUT2D eigenvalue weighted by Crippen LogP contribution is 2.29. The minimum atomic E-state index is -3.54. The summed E-state index contributed by atoms with van der Waals surface area (Å²) in [5.41, 5.74) is 2.32. The Morgan fingerprint density at radius 2 is 2.26 bits per heavy atom. The number of anilines is 1. The topological polar surface area (TPSA) is 109 Å². The molecule has 106 valence electrons. The van der Waals surface area contributed by atoms with E-state index in [4.69, 9.17) is 5.84 Å². The highest BCUT2D eigenvalue weighted by atomic mass is 32.2. The van der Waals surface area contributed by atoms with Crippen molar-refractivity contribution in [2.45, 2.75) is 23.8 Å². The van der Waals surface area contributed by atoms with Crippen molar-refractivity contribution in [2.24, 2.45) is 11.8 Å². The van der Waals surface area contributed by atoms with Crippen LogP contribution in [0.5, 0.6) is 0 Å². The normalized spacial score (nSPS) is 23.2. The van der Waals surface area contributed by atoms with Crippen LogP contribution in [0.3, 0.4) is 0 Å². The largest absolute Gasteiger partial charge is 0.393 e. The molecule has 0 radical (unpaired) electrons. The molecule has 0 spiro atoms. The second-order valence-electron chi connectivity index (χ2n) is 4.80. The molecule has 0 saturated heterocycles. The predicted octanol–water partition coefficient (Wildman–Crippen LogP) is -0.241. The first-order chi connectivity index (χ1) is 8.93. The lowest BCUT2D eigenvalue weighted by atomic mass is 9.82. The Kier molecular flexibility index (Phi) is 4.04. The first kappa shape index (κ1) is 14.2. The Morgan fingerprint density at radius 3 is 2.84 bits per heavy atom. The monoisotopic (exact) mass is 286 g/mol. The number of hydrazine groups is 1. The number of hydrogen-bond acceptors (Lipinski definition) is 6. The number of aromatic nitrogens is 1. The Morgan fingerprint density at radius 1 is 1.58 bits per heavy atom. The molecule has 2 rings (SSSR count). The Bertz CT molecular complexity index is 543. The first-order valence-corrected chi connectivity index (χ1v) is 7.44. The lowest BCUT2D eigenvalue weighted by Crippen LogP contribution is -2.39. The predicted molar refractivity (Wildman–Crippen MR) is 70.6 cm³/mol. The van der Waals surface area contributed by atoms with Gasteiger partial charge in [0.2, 0.25) is 10.0 Å². The molecule has 1 fully saturated rings. The molecule has 0 aliphatic heterocycles. The quantitative estimate of drug-likeness (QED) is 0.509. The molecule has 1 aliphatic carbocycles. The van der Waals surface area contributed by atoms with E-state index in [0.717, 1.165) is 0 Å². The number of nitrogens with zero attached hydrogens (tertiary/aromatic N) is 2. The van der Waals surface area contributed by atoms with E-state index >= 15 is 0 Å². The second-order valence-corrected chi connectivity index (χ2v) is 6.84. The van der Waals surface area contributed by atoms with Crippen LogP contribution in [-0.4, -0.2) is 42.5 Å². The van der Waals surface area contributed by atoms with Crippen LogP contribution in [0, 0.1) is 5.92 Å². The average Bonchev–Trinajstić information content (AvgIpc) is 2.36. The molecule has 1 aromatic rings. The van der Waals surface area contributed by atoms with Crippen LogP contribution in [0.25, 0.3) is 0 Å². The lowest BCUT2D eigenvalue weighted by molar-refractivity contribution is 0.0367. The number of hydrogen-bond donors (Lipinski definition) is 3. The maximum Gasteiger partial charge on any atom is 0.243 e. The number of pyridine rings is 1. The highest BCUT2D eigenvalue weighted by molar-refractivity contribution is 7.89. The number of nitrogens with two attached hydrogens (primary N) is 1. The minimum Gasteiger partial charge on any atom is -0.393 e. The van der Waals surface area contributed by atoms with Crippen molar-refractivity contribution >= 4 is 15.8 Å². The van der Waals surface area contributed by atoms with E-state index in [1.54, 1.807) is 0 Å². The second kappa shape index (κ2) is 5.41. The summed E-state index contributed by atoms with van der Waals surface area (Å²) in [4.78, 5) is 4.03. The maximum atomic E-state index is 12.3. The summed E-state index contributed by atoms with van der Waals surface area (Å²) in [6.45, 7) is 0.410. The molecule has 0 aromatic carbocycles. The van der Waals surface area contributed by atoms with E-state index in [1.807, 2.05) is 0 Å². The molecular formula is C11H18N4O3S. The van der Waals surface area contributed by atoms with Crippen molar-refractivity contribution in [1.82, 2.24) is 9.29 Å². The van der Waals surface area contributed by atoms with Gasteiger partial charge in [0.15, 0.2) is 0 Å². The van der Waals surface area contributed by atoms with Gasteiger partial charge in [0.05, 0.1) is 11.0 Å². The molecule has 19 heavy (non-hydrogen) atoms. The third-order valence-corrected chi connectivity index (χ3v) is 5.13. The van der Waals surface area contributed by atoms with Crippen molar-refractivity contribution < 1.29 is 13.5 Å². The van der Waals surface area contributed by atoms with Gasteiger partial charge < -0.3 is 10.5 Å². The number of nitrogens with one attached hydrogen (secondary N) is 1. The van der Waals surface area contributed by atoms with Gasteiger partial charge in [-0.25, -0.2) is 23.5 Å². The number of aliphatic hydroxyl groups excluding tert-OH is 1. The smallest absolute Gasteiger partial charge is 0.243 e. The molecular weight excluding hydrogens is 268 g/mol. The van der Waals surface area contributed by atoms with Crippen molar-refractivity contribution in [3.05, 3.63) is 18.3 Å². The van der Waals surface area contributed by atoms with E-state index < -0.39 is 10.0 Å². The van der Waals surface area contributed by atoms with Gasteiger partial charge in [-0.15, -0.1) is 0 Å². The van der Waals surface area contributed by atoms with Gasteiger partial charge in [-0.3, -0.25) is 0 Å². The van der Waals surface area contributed by atoms with Crippen LogP contribution in [0.2, 0.25) is 0 Å². The zero-order valence-electron chi connectivity index (χ0n) is 10.7. The number of aliphatic hydroxyl groups is 1. The van der Waals surface area contributed by atoms with Crippen LogP contribution in [0.4, 0.5) is 5.82 Å². The van der Waals surface area contributed by atoms with E-state index in [1.165, 1.54) is 29.7 Å². The zero-order valence-corrected chi connectivity index (χ0v) is 11.5. The summed E-state index contributed by atoms with van der Waals surface area (Å²) < 4.78 is 26.0. The zero-order chi connectivity index (χ0) is 14.0. The van der Waals surface area contributed by atoms with Gasteiger partial charge in [-0.1, -0.05) is 0 Å². The van der Waals surface area contributed by atoms with E-state index in [9.17, 15) is 13.5 Å². The standard InChI is InChI=1S/C11H18N4O3S/c1-15(7-8-4-9(16)5-8)19(17,18)10-2-3-13-11(6-10)14-12/h2-3,6,8-9,16H,4-5,7,12H2,1H3,(H,13,14). The van der Waals surface area contributed by atoms with Crippen molar-refractivity contribution in [3.8, 4) is 0 Å². The lowest BCUT2D eigenvalue weighted by Gasteiger charge is -2.34. The molecule has 8 heteroatoms. The van der Waals surface area contributed by atoms with Crippen LogP contribution in [0.15, 0.2) is 23.2 Å². The van der Waals surface area contributed by atoms with Gasteiger partial charge >= 0.3 is 0 Å². The SMILES string of the molecule is CN(CC1CC(O)C1)S(=O)(=O)c1ccnc(NN)c1. The van der Waals surface area contributed by atoms with Crippen molar-refractivity contribution in [3.63, 3.8) is 0 Å². The number of rotatable bonds is 5. The summed E-state index contributed by atoms with van der Waals surface area (Å²) in [6.07, 6.45) is 2.43. The molecule has 0 atom stereocenters. The average molecular weight is 286 g/mol. The molecule has 7 nitrogen and oxygen atoms in total. The maximum absolute atomic E-state index is 12.3. The Hall–Kier alpha value is -1.22. The molecule has 0 bridgehead atoms. The van der Waals surface area contributed by atoms with Crippen LogP contribution in [0.1, 0.15) is 12.8 Å². The molecule has 1 heterocycles. The van der Waals surface area contributed by atoms with Crippen LogP contribution >= 0.6 is 0 Å². The summed E-state index contributed by atoms with van der Waals surface area (Å²) in [5, 5.41) is 9.22. The molecule has 0 unspecified atom stereocenters. The third kappa shape index (κ3) is 3.03. The van der Waals surface area contributed by atoms with Crippen molar-refractivity contribution in [1.29, 1.82) is 0 Å². The fourth-order valence-corrected chi connectivity index (χ4v) is 3.40. The van der Waals surface area contributed by atoms with E-state index in [2.05, 4.69) is 10.4 Å². The summed E-state index contributed by atoms with van der Waals surface area (Å²) in [7, 11) is -2.01. The van der Waals surface area contributed by atoms with Gasteiger partial charge in [0, 0.05) is 25.9 Å². The molecule has 1 aromatic heterocycles. The Labute approximate surface area is 112 Å². The molecule has 1 saturated carbocycles. The minimum absolute atomic E-state index is 0.151. The summed E-state index contributed by atoms with van der Waals surface area (Å²) >= 11 is 0. The third-order valence-electron chi connectivity index (χ3n) is 3.31. The molecule has 0 amide bonds. The first-order valence-electron chi connectivity index (χ1n) is 6.00. The number of nitrogen functional groups attached to an aromatic ring is 1. The van der Waals surface area contributed by atoms with Crippen LogP contribution < -0.4 is 11.3 Å². The Balaban J connectivity index is 2.11.